The smallest absolute Gasteiger partial charge is 0.222 e. The molecule has 1 unspecified atom stereocenters. The Morgan fingerprint density at radius 2 is 1.68 bits per heavy atom. The number of benzene rings is 3. The van der Waals surface area contributed by atoms with Crippen molar-refractivity contribution in [3.8, 4) is 5.75 Å². The van der Waals surface area contributed by atoms with Crippen LogP contribution in [0, 0.1) is 11.8 Å². The normalized spacial score (nSPS) is 23.8. The Labute approximate surface area is 242 Å². The lowest BCUT2D eigenvalue weighted by Gasteiger charge is -2.56. The average molecular weight is 575 g/mol. The van der Waals surface area contributed by atoms with E-state index in [2.05, 4.69) is 89.3 Å². The number of ether oxygens (including phenoxy) is 1. The van der Waals surface area contributed by atoms with Crippen molar-refractivity contribution in [3.63, 3.8) is 0 Å². The number of nitrogens with zero attached hydrogens (tertiary/aromatic N) is 1. The van der Waals surface area contributed by atoms with Crippen molar-refractivity contribution in [2.75, 3.05) is 26.5 Å². The monoisotopic (exact) mass is 573 g/mol. The Morgan fingerprint density at radius 1 is 1.05 bits per heavy atom. The van der Waals surface area contributed by atoms with E-state index in [-0.39, 0.29) is 60.6 Å². The van der Waals surface area contributed by atoms with Gasteiger partial charge in [-0.2, -0.15) is 0 Å². The minimum atomic E-state index is -0.187. The molecule has 0 aliphatic carbocycles. The summed E-state index contributed by atoms with van der Waals surface area (Å²) < 4.78 is 5.69. The van der Waals surface area contributed by atoms with Gasteiger partial charge in [-0.1, -0.05) is 60.7 Å². The van der Waals surface area contributed by atoms with Gasteiger partial charge in [0.05, 0.1) is 13.0 Å². The molecular formula is C30H37Cl2N3O2S. The molecule has 3 aliphatic rings. The van der Waals surface area contributed by atoms with Crippen LogP contribution in [-0.2, 0) is 11.3 Å². The predicted octanol–water partition coefficient (Wildman–Crippen LogP) is 5.36. The summed E-state index contributed by atoms with van der Waals surface area (Å²) >= 11 is 1.73. The van der Waals surface area contributed by atoms with E-state index >= 15 is 0 Å². The molecule has 6 rings (SSSR count). The van der Waals surface area contributed by atoms with Gasteiger partial charge in [-0.05, 0) is 54.5 Å². The number of carbonyl (C=O) groups excluding carboxylic acids is 1. The lowest BCUT2D eigenvalue weighted by atomic mass is 9.66. The Bertz CT molecular complexity index is 1150. The van der Waals surface area contributed by atoms with Gasteiger partial charge in [0.2, 0.25) is 5.91 Å². The summed E-state index contributed by atoms with van der Waals surface area (Å²) in [5.74, 6) is 0.933. The SMILES string of the molecule is COc1ccc(SC)cc1CN[C@H]1[C@H]2CCN(C[C@@H]2C(N)=O)[C@@H]1C(c1ccccc1)c1ccccc1.Cl.Cl. The summed E-state index contributed by atoms with van der Waals surface area (Å²) in [6.07, 6.45) is 3.06. The molecule has 5 atom stereocenters. The zero-order chi connectivity index (χ0) is 25.1. The number of amides is 1. The Balaban J connectivity index is 0.00000200. The fourth-order valence-corrected chi connectivity index (χ4v) is 6.79. The summed E-state index contributed by atoms with van der Waals surface area (Å²) in [5, 5.41) is 3.91. The molecule has 38 heavy (non-hydrogen) atoms. The van der Waals surface area contributed by atoms with Crippen LogP contribution in [0.1, 0.15) is 29.0 Å². The van der Waals surface area contributed by atoms with E-state index in [1.54, 1.807) is 18.9 Å². The van der Waals surface area contributed by atoms with Crippen LogP contribution in [0.2, 0.25) is 0 Å². The topological polar surface area (TPSA) is 67.6 Å². The summed E-state index contributed by atoms with van der Waals surface area (Å²) in [5.41, 5.74) is 9.66. The Morgan fingerprint density at radius 3 is 2.24 bits per heavy atom. The van der Waals surface area contributed by atoms with Crippen molar-refractivity contribution in [2.24, 2.45) is 17.6 Å². The molecule has 0 aromatic heterocycles. The van der Waals surface area contributed by atoms with Crippen LogP contribution in [0.15, 0.2) is 83.8 Å². The number of primary amides is 1. The van der Waals surface area contributed by atoms with E-state index in [1.807, 2.05) is 6.07 Å². The van der Waals surface area contributed by atoms with E-state index in [9.17, 15) is 4.79 Å². The van der Waals surface area contributed by atoms with Gasteiger partial charge >= 0.3 is 0 Å². The van der Waals surface area contributed by atoms with Crippen molar-refractivity contribution in [1.29, 1.82) is 0 Å². The van der Waals surface area contributed by atoms with Crippen LogP contribution in [0.4, 0.5) is 0 Å². The van der Waals surface area contributed by atoms with Crippen molar-refractivity contribution >= 4 is 42.5 Å². The van der Waals surface area contributed by atoms with E-state index in [0.29, 0.717) is 6.54 Å². The molecule has 2 bridgehead atoms. The number of hydrogen-bond acceptors (Lipinski definition) is 5. The van der Waals surface area contributed by atoms with Gasteiger partial charge in [0.1, 0.15) is 5.75 Å². The summed E-state index contributed by atoms with van der Waals surface area (Å²) in [6.45, 7) is 2.38. The predicted molar refractivity (Wildman–Crippen MR) is 161 cm³/mol. The number of thioether (sulfide) groups is 1. The van der Waals surface area contributed by atoms with Crippen LogP contribution in [0.25, 0.3) is 0 Å². The molecule has 8 heteroatoms. The number of methoxy groups -OCH3 is 1. The number of hydrogen-bond donors (Lipinski definition) is 2. The third-order valence-corrected chi connectivity index (χ3v) is 8.71. The van der Waals surface area contributed by atoms with Crippen molar-refractivity contribution < 1.29 is 9.53 Å². The number of rotatable bonds is 9. The van der Waals surface area contributed by atoms with Gasteiger partial charge in [0.15, 0.2) is 0 Å². The molecule has 0 spiro atoms. The second-order valence-corrected chi connectivity index (χ2v) is 10.7. The fraction of sp³-hybridized carbons (Fsp3) is 0.367. The third kappa shape index (κ3) is 6.16. The van der Waals surface area contributed by atoms with Crippen LogP contribution < -0.4 is 15.8 Å². The van der Waals surface area contributed by atoms with Gasteiger partial charge in [0.25, 0.3) is 0 Å². The van der Waals surface area contributed by atoms with Gasteiger partial charge in [-0.15, -0.1) is 36.6 Å². The van der Waals surface area contributed by atoms with Crippen LogP contribution >= 0.6 is 36.6 Å². The summed E-state index contributed by atoms with van der Waals surface area (Å²) in [7, 11) is 1.72. The Hall–Kier alpha value is -2.22. The largest absolute Gasteiger partial charge is 0.496 e. The maximum atomic E-state index is 12.5. The van der Waals surface area contributed by atoms with E-state index < -0.39 is 0 Å². The Kier molecular flexibility index (Phi) is 10.9. The molecule has 3 aromatic rings. The quantitative estimate of drug-likeness (QED) is 0.337. The van der Waals surface area contributed by atoms with Crippen molar-refractivity contribution in [3.05, 3.63) is 95.6 Å². The molecule has 204 valence electrons. The van der Waals surface area contributed by atoms with Gasteiger partial charge in [-0.25, -0.2) is 0 Å². The molecule has 3 N–H and O–H groups in total. The van der Waals surface area contributed by atoms with E-state index in [1.165, 1.54) is 16.0 Å². The first kappa shape index (κ1) is 30.3. The van der Waals surface area contributed by atoms with E-state index in [4.69, 9.17) is 10.5 Å². The highest BCUT2D eigenvalue weighted by molar-refractivity contribution is 7.98. The summed E-state index contributed by atoms with van der Waals surface area (Å²) in [4.78, 5) is 16.2. The number of piperidine rings is 3. The van der Waals surface area contributed by atoms with Crippen LogP contribution in [0.5, 0.6) is 5.75 Å². The number of halogens is 2. The third-order valence-electron chi connectivity index (χ3n) is 7.99. The van der Waals surface area contributed by atoms with Crippen molar-refractivity contribution in [1.82, 2.24) is 10.2 Å². The van der Waals surface area contributed by atoms with E-state index in [0.717, 1.165) is 30.8 Å². The van der Waals surface area contributed by atoms with Crippen LogP contribution in [-0.4, -0.2) is 49.3 Å². The summed E-state index contributed by atoms with van der Waals surface area (Å²) in [6, 6.07) is 28.2. The number of nitrogens with two attached hydrogens (primary N) is 1. The molecular weight excluding hydrogens is 537 g/mol. The first-order valence-corrected chi connectivity index (χ1v) is 13.9. The lowest BCUT2D eigenvalue weighted by Crippen LogP contribution is -2.68. The molecule has 3 aliphatic heterocycles. The minimum absolute atomic E-state index is 0. The molecule has 3 fully saturated rings. The zero-order valence-electron chi connectivity index (χ0n) is 21.8. The molecule has 3 saturated heterocycles. The maximum Gasteiger partial charge on any atom is 0.222 e. The fourth-order valence-electron chi connectivity index (χ4n) is 6.32. The molecule has 1 amide bonds. The zero-order valence-corrected chi connectivity index (χ0v) is 24.2. The first-order chi connectivity index (χ1) is 17.6. The highest BCUT2D eigenvalue weighted by atomic mass is 35.5. The van der Waals surface area contributed by atoms with Gasteiger partial charge in [-0.3, -0.25) is 9.69 Å². The first-order valence-electron chi connectivity index (χ1n) is 12.7. The highest BCUT2D eigenvalue weighted by Crippen LogP contribution is 2.44. The van der Waals surface area contributed by atoms with Gasteiger partial charge < -0.3 is 15.8 Å². The number of fused-ring (bicyclic) bond motifs is 3. The number of carbonyl (C=O) groups is 1. The molecule has 3 aromatic carbocycles. The minimum Gasteiger partial charge on any atom is -0.496 e. The second kappa shape index (κ2) is 13.7. The molecule has 3 heterocycles. The standard InChI is InChI=1S/C30H35N3O2S.2ClH/c1-35-26-14-13-23(36-2)17-22(26)18-32-28-24-15-16-33(19-25(24)30(31)34)29(28)27(20-9-5-3-6-10-20)21-11-7-4-8-12-21;;/h3-14,17,24-25,27-29,32H,15-16,18-19H2,1-2H3,(H2,31,34);2*1H/t24-,25-,28-,29+;;/m0../s1. The highest BCUT2D eigenvalue weighted by Gasteiger charge is 2.51. The molecule has 5 nitrogen and oxygen atoms in total. The van der Waals surface area contributed by atoms with Gasteiger partial charge in [0, 0.05) is 41.6 Å². The number of nitrogens with one attached hydrogen (secondary N) is 1. The maximum absolute atomic E-state index is 12.5. The van der Waals surface area contributed by atoms with Crippen molar-refractivity contribution in [2.45, 2.75) is 35.9 Å². The average Bonchev–Trinajstić information content (AvgIpc) is 2.93. The molecule has 0 saturated carbocycles. The van der Waals surface area contributed by atoms with Crippen LogP contribution in [0.3, 0.4) is 0 Å². The lowest BCUT2D eigenvalue weighted by molar-refractivity contribution is -0.132. The second-order valence-electron chi connectivity index (χ2n) is 9.83. The molecule has 0 radical (unpaired) electrons.